The summed E-state index contributed by atoms with van der Waals surface area (Å²) in [7, 11) is 3.96. The summed E-state index contributed by atoms with van der Waals surface area (Å²) in [5, 5.41) is 9.36. The molecule has 0 saturated heterocycles. The zero-order valence-corrected chi connectivity index (χ0v) is 21.6. The van der Waals surface area contributed by atoms with Crippen LogP contribution in [0.3, 0.4) is 0 Å². The number of fused-ring (bicyclic) bond motifs is 1. The van der Waals surface area contributed by atoms with Crippen molar-refractivity contribution in [3.8, 4) is 22.7 Å². The van der Waals surface area contributed by atoms with Crippen LogP contribution in [0.25, 0.3) is 33.6 Å². The van der Waals surface area contributed by atoms with Gasteiger partial charge < -0.3 is 19.2 Å². The topological polar surface area (TPSA) is 91.2 Å². The normalized spacial score (nSPS) is 11.7. The van der Waals surface area contributed by atoms with Crippen LogP contribution >= 0.6 is 0 Å². The van der Waals surface area contributed by atoms with E-state index in [0.29, 0.717) is 19.0 Å². The Morgan fingerprint density at radius 2 is 1.74 bits per heavy atom. The number of rotatable bonds is 8. The summed E-state index contributed by atoms with van der Waals surface area (Å²) >= 11 is 0. The fourth-order valence-electron chi connectivity index (χ4n) is 4.44. The van der Waals surface area contributed by atoms with Crippen LogP contribution in [0.4, 0.5) is 0 Å². The number of hydrogen-bond donors (Lipinski definition) is 1. The molecule has 0 spiro atoms. The number of nitrogens with zero attached hydrogens (tertiary/aromatic N) is 5. The first kappa shape index (κ1) is 24.6. The molecule has 0 saturated carbocycles. The van der Waals surface area contributed by atoms with Gasteiger partial charge in [-0.25, -0.2) is 0 Å². The average molecular weight is 475 g/mol. The molecule has 3 heterocycles. The Kier molecular flexibility index (Phi) is 7.03. The van der Waals surface area contributed by atoms with Crippen molar-refractivity contribution in [1.82, 2.24) is 30.0 Å². The van der Waals surface area contributed by atoms with Gasteiger partial charge >= 0.3 is 11.8 Å². The summed E-state index contributed by atoms with van der Waals surface area (Å²) in [6.45, 7) is 12.3. The molecular formula is C27H34N6O2. The number of amides is 1. The highest BCUT2D eigenvalue weighted by atomic mass is 16.4. The van der Waals surface area contributed by atoms with E-state index in [1.54, 1.807) is 4.90 Å². The van der Waals surface area contributed by atoms with Crippen molar-refractivity contribution in [2.75, 3.05) is 33.7 Å². The summed E-state index contributed by atoms with van der Waals surface area (Å²) in [5.74, 6) is 0.399. The molecule has 0 unspecified atom stereocenters. The monoisotopic (exact) mass is 474 g/mol. The van der Waals surface area contributed by atoms with E-state index >= 15 is 0 Å². The minimum atomic E-state index is -0.246. The molecule has 0 bridgehead atoms. The van der Waals surface area contributed by atoms with E-state index in [1.807, 2.05) is 51.9 Å². The molecule has 8 heteroatoms. The molecule has 3 aromatic heterocycles. The van der Waals surface area contributed by atoms with Crippen molar-refractivity contribution in [2.45, 2.75) is 40.5 Å². The van der Waals surface area contributed by atoms with Gasteiger partial charge in [-0.2, -0.15) is 0 Å². The molecule has 4 rings (SSSR count). The fourth-order valence-corrected chi connectivity index (χ4v) is 4.44. The van der Waals surface area contributed by atoms with Crippen LogP contribution in [0.15, 0.2) is 34.7 Å². The second-order valence-corrected chi connectivity index (χ2v) is 9.57. The molecule has 184 valence electrons. The van der Waals surface area contributed by atoms with E-state index in [9.17, 15) is 4.79 Å². The highest BCUT2D eigenvalue weighted by molar-refractivity contribution is 5.94. The van der Waals surface area contributed by atoms with Gasteiger partial charge in [0.05, 0.1) is 5.69 Å². The van der Waals surface area contributed by atoms with Crippen LogP contribution in [0.5, 0.6) is 0 Å². The van der Waals surface area contributed by atoms with Crippen molar-refractivity contribution >= 4 is 16.8 Å². The molecular weight excluding hydrogens is 440 g/mol. The SMILES string of the molecule is CCN(CCN(C)C)C(=O)c1nnc(-c2ccc3[nH]c(-c4cc(C)nc(C)c4)c(C(C)C)c3c2)o1. The van der Waals surface area contributed by atoms with Gasteiger partial charge in [0, 0.05) is 53.1 Å². The van der Waals surface area contributed by atoms with Crippen LogP contribution < -0.4 is 0 Å². The van der Waals surface area contributed by atoms with E-state index < -0.39 is 0 Å². The number of aromatic amines is 1. The fraction of sp³-hybridized carbons (Fsp3) is 0.407. The Balaban J connectivity index is 1.71. The quantitative estimate of drug-likeness (QED) is 0.385. The van der Waals surface area contributed by atoms with Gasteiger partial charge in [-0.15, -0.1) is 10.2 Å². The highest BCUT2D eigenvalue weighted by Crippen LogP contribution is 2.37. The van der Waals surface area contributed by atoms with Crippen molar-refractivity contribution in [3.63, 3.8) is 0 Å². The molecule has 0 aliphatic rings. The molecule has 0 radical (unpaired) electrons. The molecule has 4 aromatic rings. The van der Waals surface area contributed by atoms with E-state index in [2.05, 4.69) is 52.2 Å². The number of benzene rings is 1. The molecule has 0 atom stereocenters. The lowest BCUT2D eigenvalue weighted by atomic mass is 9.95. The summed E-state index contributed by atoms with van der Waals surface area (Å²) in [6, 6.07) is 10.3. The second kappa shape index (κ2) is 10.00. The highest BCUT2D eigenvalue weighted by Gasteiger charge is 2.23. The van der Waals surface area contributed by atoms with E-state index in [-0.39, 0.29) is 17.7 Å². The predicted molar refractivity (Wildman–Crippen MR) is 139 cm³/mol. The Bertz CT molecular complexity index is 1330. The molecule has 1 N–H and O–H groups in total. The first-order chi connectivity index (χ1) is 16.7. The largest absolute Gasteiger partial charge is 0.412 e. The van der Waals surface area contributed by atoms with Crippen LogP contribution in [-0.4, -0.2) is 69.6 Å². The number of hydrogen-bond acceptors (Lipinski definition) is 6. The molecule has 8 nitrogen and oxygen atoms in total. The van der Waals surface area contributed by atoms with Crippen molar-refractivity contribution < 1.29 is 9.21 Å². The number of likely N-dealkylation sites (N-methyl/N-ethyl adjacent to an activating group) is 2. The van der Waals surface area contributed by atoms with E-state index in [1.165, 1.54) is 5.56 Å². The third kappa shape index (κ3) is 5.12. The molecule has 0 aliphatic heterocycles. The maximum absolute atomic E-state index is 12.9. The summed E-state index contributed by atoms with van der Waals surface area (Å²) < 4.78 is 5.85. The van der Waals surface area contributed by atoms with Gasteiger partial charge in [-0.1, -0.05) is 13.8 Å². The Morgan fingerprint density at radius 1 is 1.03 bits per heavy atom. The number of carbonyl (C=O) groups excluding carboxylic acids is 1. The molecule has 35 heavy (non-hydrogen) atoms. The van der Waals surface area contributed by atoms with Gasteiger partial charge in [0.15, 0.2) is 0 Å². The first-order valence-electron chi connectivity index (χ1n) is 12.1. The zero-order chi connectivity index (χ0) is 25.3. The van der Waals surface area contributed by atoms with Crippen molar-refractivity contribution in [3.05, 3.63) is 53.2 Å². The van der Waals surface area contributed by atoms with Crippen LogP contribution in [0.1, 0.15) is 54.3 Å². The maximum Gasteiger partial charge on any atom is 0.311 e. The lowest BCUT2D eigenvalue weighted by Gasteiger charge is -2.20. The third-order valence-corrected chi connectivity index (χ3v) is 6.13. The van der Waals surface area contributed by atoms with Gasteiger partial charge in [0.25, 0.3) is 0 Å². The lowest BCUT2D eigenvalue weighted by molar-refractivity contribution is 0.0715. The zero-order valence-electron chi connectivity index (χ0n) is 21.6. The van der Waals surface area contributed by atoms with Crippen LogP contribution in [0.2, 0.25) is 0 Å². The van der Waals surface area contributed by atoms with Gasteiger partial charge in [0.2, 0.25) is 5.89 Å². The second-order valence-electron chi connectivity index (χ2n) is 9.57. The van der Waals surface area contributed by atoms with Gasteiger partial charge in [-0.3, -0.25) is 9.78 Å². The first-order valence-corrected chi connectivity index (χ1v) is 12.1. The van der Waals surface area contributed by atoms with Crippen LogP contribution in [0, 0.1) is 13.8 Å². The molecule has 1 amide bonds. The van der Waals surface area contributed by atoms with Gasteiger partial charge in [0.1, 0.15) is 0 Å². The Labute approximate surface area is 206 Å². The number of aromatic nitrogens is 4. The lowest BCUT2D eigenvalue weighted by Crippen LogP contribution is -2.36. The molecule has 0 fully saturated rings. The van der Waals surface area contributed by atoms with Gasteiger partial charge in [-0.05, 0) is 76.7 Å². The van der Waals surface area contributed by atoms with Crippen molar-refractivity contribution in [1.29, 1.82) is 0 Å². The number of H-pyrrole nitrogens is 1. The summed E-state index contributed by atoms with van der Waals surface area (Å²) in [5.41, 5.74) is 7.25. The standard InChI is InChI=1S/C27H34N6O2/c1-8-33(12-11-32(6)7)27(34)26-31-30-25(35-26)19-9-10-22-21(15-19)23(16(2)3)24(29-22)20-13-17(4)28-18(5)14-20/h9-10,13-16,29H,8,11-12H2,1-7H3. The van der Waals surface area contributed by atoms with E-state index in [0.717, 1.165) is 45.7 Å². The minimum absolute atomic E-state index is 0.0160. The number of nitrogens with one attached hydrogen (secondary N) is 1. The maximum atomic E-state index is 12.9. The van der Waals surface area contributed by atoms with E-state index in [4.69, 9.17) is 4.42 Å². The smallest absolute Gasteiger partial charge is 0.311 e. The molecule has 1 aromatic carbocycles. The number of aryl methyl sites for hydroxylation is 2. The summed E-state index contributed by atoms with van der Waals surface area (Å²) in [6.07, 6.45) is 0. The predicted octanol–water partition coefficient (Wildman–Crippen LogP) is 5.04. The van der Waals surface area contributed by atoms with Crippen LogP contribution in [-0.2, 0) is 0 Å². The number of pyridine rings is 1. The molecule has 0 aliphatic carbocycles. The third-order valence-electron chi connectivity index (χ3n) is 6.13. The van der Waals surface area contributed by atoms with Crippen molar-refractivity contribution in [2.24, 2.45) is 0 Å². The number of carbonyl (C=O) groups is 1. The Hall–Kier alpha value is -3.52. The summed E-state index contributed by atoms with van der Waals surface area (Å²) in [4.78, 5) is 24.8. The Morgan fingerprint density at radius 3 is 2.37 bits per heavy atom. The minimum Gasteiger partial charge on any atom is -0.412 e. The average Bonchev–Trinajstić information content (AvgIpc) is 3.43.